The average molecular weight is 712 g/mol. The van der Waals surface area contributed by atoms with Gasteiger partial charge in [0.05, 0.1) is 40.4 Å². The number of carbonyl (C=O) groups is 7. The number of primary amides is 1. The van der Waals surface area contributed by atoms with Gasteiger partial charge in [-0.1, -0.05) is 20.8 Å². The summed E-state index contributed by atoms with van der Waals surface area (Å²) in [7, 11) is 8.29. The Morgan fingerprint density at radius 1 is 0.765 bits per heavy atom. The maximum Gasteiger partial charge on any atom is 0.251 e. The van der Waals surface area contributed by atoms with Crippen LogP contribution in [0.4, 0.5) is 0 Å². The molecule has 6 atom stereocenters. The van der Waals surface area contributed by atoms with Crippen LogP contribution in [0.2, 0.25) is 0 Å². The molecule has 6 saturated heterocycles. The van der Waals surface area contributed by atoms with Gasteiger partial charge in [-0.2, -0.15) is 0 Å². The molecule has 6 unspecified atom stereocenters. The average Bonchev–Trinajstić information content (AvgIpc) is 3.58. The van der Waals surface area contributed by atoms with Gasteiger partial charge in [0.2, 0.25) is 29.5 Å². The van der Waals surface area contributed by atoms with Crippen LogP contribution in [0.5, 0.6) is 11.5 Å². The summed E-state index contributed by atoms with van der Waals surface area (Å²) in [6.45, 7) is 7.85. The third-order valence-electron chi connectivity index (χ3n) is 12.1. The first-order chi connectivity index (χ1) is 23.9. The number of carbonyl (C=O) groups excluding carboxylic acids is 7. The van der Waals surface area contributed by atoms with Gasteiger partial charge in [0.15, 0.2) is 0 Å². The molecule has 0 aliphatic carbocycles. The molecule has 16 nitrogen and oxygen atoms in total. The minimum Gasteiger partial charge on any atom is -0.497 e. The predicted molar refractivity (Wildman–Crippen MR) is 182 cm³/mol. The van der Waals surface area contributed by atoms with Crippen LogP contribution in [-0.4, -0.2) is 144 Å². The van der Waals surface area contributed by atoms with Crippen molar-refractivity contribution in [1.29, 1.82) is 0 Å². The zero-order chi connectivity index (χ0) is 37.8. The van der Waals surface area contributed by atoms with Gasteiger partial charge < -0.3 is 45.0 Å². The second kappa shape index (κ2) is 13.3. The highest BCUT2D eigenvalue weighted by molar-refractivity contribution is 6.02. The molecular formula is C35H49N7O9. The van der Waals surface area contributed by atoms with E-state index in [4.69, 9.17) is 15.2 Å². The first-order valence-corrected chi connectivity index (χ1v) is 17.1. The van der Waals surface area contributed by atoms with E-state index in [1.54, 1.807) is 50.1 Å². The number of hydrogen-bond acceptors (Lipinski definition) is 9. The molecule has 0 bridgehead atoms. The molecule has 3 spiro atoms. The molecule has 0 radical (unpaired) electrons. The molecule has 6 aliphatic heterocycles. The Labute approximate surface area is 297 Å². The molecule has 7 rings (SSSR count). The lowest BCUT2D eigenvalue weighted by atomic mass is 9.78. The van der Waals surface area contributed by atoms with Crippen LogP contribution in [0.1, 0.15) is 45.6 Å². The molecule has 1 aromatic rings. The lowest BCUT2D eigenvalue weighted by molar-refractivity contribution is -0.168. The summed E-state index contributed by atoms with van der Waals surface area (Å²) >= 11 is 0. The molecule has 6 fully saturated rings. The number of benzene rings is 1. The van der Waals surface area contributed by atoms with Crippen LogP contribution in [0.15, 0.2) is 18.2 Å². The van der Waals surface area contributed by atoms with Crippen molar-refractivity contribution in [2.75, 3.05) is 61.5 Å². The summed E-state index contributed by atoms with van der Waals surface area (Å²) in [4.78, 5) is 89.4. The molecule has 3 N–H and O–H groups in total. The van der Waals surface area contributed by atoms with Gasteiger partial charge in [0.25, 0.3) is 11.8 Å². The van der Waals surface area contributed by atoms with Crippen LogP contribution < -0.4 is 20.5 Å². The molecule has 51 heavy (non-hydrogen) atoms. The Bertz CT molecular complexity index is 1670. The van der Waals surface area contributed by atoms with E-state index in [-0.39, 0.29) is 59.7 Å². The lowest BCUT2D eigenvalue weighted by Gasteiger charge is -2.52. The Morgan fingerprint density at radius 3 is 1.55 bits per heavy atom. The lowest BCUT2D eigenvalue weighted by Crippen LogP contribution is -2.74. The standard InChI is InChI=1S/C17H22N2O4.C10H15N3O3.C8H12N2O2/c1-11-7-15(20)18(2)17(11)10-19(16(17)21)9-12-5-6-13(22-3)8-14(12)23-4;1-6-3-8(15)12(2)10(6)5-13(9(10)16)4-7(11)14;1-5-3-6(11)10(2)8(5)4-9-7(8)12/h5-6,8,11H,7,9-10H2,1-4H3;6H,3-5H2,1-2H3,(H2,11,14);5H,3-4H2,1-2H3,(H,9,12). The molecular weight excluding hydrogens is 662 g/mol. The minimum atomic E-state index is -0.716. The number of nitrogens with two attached hydrogens (primary N) is 1. The largest absolute Gasteiger partial charge is 0.497 e. The van der Waals surface area contributed by atoms with Gasteiger partial charge in [0, 0.05) is 58.6 Å². The zero-order valence-electron chi connectivity index (χ0n) is 30.6. The molecule has 16 heteroatoms. The van der Waals surface area contributed by atoms with Gasteiger partial charge >= 0.3 is 0 Å². The number of β-lactam (4-membered cyclic amide) rings is 3. The summed E-state index contributed by atoms with van der Waals surface area (Å²) in [6, 6.07) is 5.57. The van der Waals surface area contributed by atoms with E-state index >= 15 is 0 Å². The minimum absolute atomic E-state index is 0.00151. The molecule has 1 aromatic carbocycles. The van der Waals surface area contributed by atoms with Crippen molar-refractivity contribution in [2.45, 2.75) is 63.2 Å². The summed E-state index contributed by atoms with van der Waals surface area (Å²) in [5.74, 6) is 1.08. The van der Waals surface area contributed by atoms with Crippen molar-refractivity contribution in [3.63, 3.8) is 0 Å². The maximum atomic E-state index is 12.7. The fourth-order valence-corrected chi connectivity index (χ4v) is 8.46. The predicted octanol–water partition coefficient (Wildman–Crippen LogP) is -0.813. The molecule has 7 amide bonds. The number of rotatable bonds is 6. The van der Waals surface area contributed by atoms with E-state index in [2.05, 4.69) is 5.32 Å². The van der Waals surface area contributed by atoms with Crippen molar-refractivity contribution in [3.05, 3.63) is 23.8 Å². The SMILES string of the molecule is CC1CC(=O)N(C)C12CN(CC(N)=O)C2=O.CC1CC(=O)N(C)C12CNC2=O.COc1ccc(CN2CC3(C2=O)C(C)CC(=O)N3C)c(OC)c1. The second-order valence-electron chi connectivity index (χ2n) is 14.6. The highest BCUT2D eigenvalue weighted by Gasteiger charge is 2.64. The number of likely N-dealkylation sites (tertiary alicyclic amines) is 5. The fraction of sp³-hybridized carbons (Fsp3) is 0.629. The van der Waals surface area contributed by atoms with Crippen molar-refractivity contribution >= 4 is 41.4 Å². The maximum absolute atomic E-state index is 12.7. The van der Waals surface area contributed by atoms with E-state index in [1.807, 2.05) is 39.0 Å². The number of hydrogen-bond donors (Lipinski definition) is 2. The van der Waals surface area contributed by atoms with Crippen LogP contribution in [0.3, 0.4) is 0 Å². The van der Waals surface area contributed by atoms with Crippen LogP contribution in [0.25, 0.3) is 0 Å². The third kappa shape index (κ3) is 5.62. The summed E-state index contributed by atoms with van der Waals surface area (Å²) in [5.41, 5.74) is 4.10. The van der Waals surface area contributed by atoms with E-state index in [9.17, 15) is 33.6 Å². The summed E-state index contributed by atoms with van der Waals surface area (Å²) in [6.07, 6.45) is 1.35. The number of nitrogens with zero attached hydrogens (tertiary/aromatic N) is 5. The Morgan fingerprint density at radius 2 is 1.24 bits per heavy atom. The quantitative estimate of drug-likeness (QED) is 0.355. The first-order valence-electron chi connectivity index (χ1n) is 17.1. The smallest absolute Gasteiger partial charge is 0.251 e. The highest BCUT2D eigenvalue weighted by atomic mass is 16.5. The zero-order valence-corrected chi connectivity index (χ0v) is 30.6. The van der Waals surface area contributed by atoms with Gasteiger partial charge in [-0.3, -0.25) is 33.6 Å². The number of methoxy groups -OCH3 is 2. The number of nitrogens with one attached hydrogen (secondary N) is 1. The fourth-order valence-electron chi connectivity index (χ4n) is 8.46. The van der Waals surface area contributed by atoms with Crippen molar-refractivity contribution < 1.29 is 43.0 Å². The monoisotopic (exact) mass is 711 g/mol. The number of likely N-dealkylation sites (N-methyl/N-ethyl adjacent to an activating group) is 3. The van der Waals surface area contributed by atoms with Crippen molar-refractivity contribution in [1.82, 2.24) is 29.8 Å². The van der Waals surface area contributed by atoms with Gasteiger partial charge in [-0.05, 0) is 29.9 Å². The van der Waals surface area contributed by atoms with Crippen molar-refractivity contribution in [3.8, 4) is 11.5 Å². The van der Waals surface area contributed by atoms with E-state index in [0.717, 1.165) is 5.56 Å². The molecule has 6 heterocycles. The highest BCUT2D eigenvalue weighted by Crippen LogP contribution is 2.44. The van der Waals surface area contributed by atoms with Gasteiger partial charge in [-0.15, -0.1) is 0 Å². The van der Waals surface area contributed by atoms with E-state index < -0.39 is 22.5 Å². The summed E-state index contributed by atoms with van der Waals surface area (Å²) in [5, 5.41) is 2.69. The van der Waals surface area contributed by atoms with Crippen molar-refractivity contribution in [2.24, 2.45) is 23.5 Å². The van der Waals surface area contributed by atoms with Crippen LogP contribution in [0, 0.1) is 17.8 Å². The van der Waals surface area contributed by atoms with Gasteiger partial charge in [-0.25, -0.2) is 0 Å². The van der Waals surface area contributed by atoms with Gasteiger partial charge in [0.1, 0.15) is 28.1 Å². The normalized spacial score (nSPS) is 32.0. The van der Waals surface area contributed by atoms with Crippen LogP contribution >= 0.6 is 0 Å². The Hall–Kier alpha value is -4.89. The molecule has 278 valence electrons. The molecule has 0 aromatic heterocycles. The van der Waals surface area contributed by atoms with Crippen LogP contribution in [-0.2, 0) is 40.1 Å². The Balaban J connectivity index is 0.000000157. The molecule has 0 saturated carbocycles. The summed E-state index contributed by atoms with van der Waals surface area (Å²) < 4.78 is 10.6. The topological polar surface area (TPSA) is 192 Å². The number of ether oxygens (including phenoxy) is 2. The first kappa shape index (κ1) is 37.4. The molecule has 6 aliphatic rings. The second-order valence-corrected chi connectivity index (χ2v) is 14.6. The Kier molecular flexibility index (Phi) is 9.78. The third-order valence-corrected chi connectivity index (χ3v) is 12.1. The number of amides is 7. The van der Waals surface area contributed by atoms with E-state index in [1.165, 1.54) is 9.80 Å². The van der Waals surface area contributed by atoms with E-state index in [0.29, 0.717) is 56.9 Å².